The van der Waals surface area contributed by atoms with Crippen LogP contribution in [0.4, 0.5) is 11.4 Å². The predicted octanol–water partition coefficient (Wildman–Crippen LogP) is 2.66. The van der Waals surface area contributed by atoms with Crippen molar-refractivity contribution in [3.05, 3.63) is 46.5 Å². The van der Waals surface area contributed by atoms with Crippen LogP contribution >= 0.6 is 0 Å². The zero-order chi connectivity index (χ0) is 15.6. The Morgan fingerprint density at radius 3 is 1.14 bits per heavy atom. The van der Waals surface area contributed by atoms with Gasteiger partial charge in [-0.25, -0.2) is 0 Å². The van der Waals surface area contributed by atoms with E-state index < -0.39 is 0 Å². The van der Waals surface area contributed by atoms with Crippen molar-refractivity contribution in [1.82, 2.24) is 0 Å². The molecular formula is C18H24N2Te. The Labute approximate surface area is 138 Å². The van der Waals surface area contributed by atoms with Crippen LogP contribution in [0.2, 0.25) is 0 Å². The fourth-order valence-corrected chi connectivity index (χ4v) is 5.71. The second kappa shape index (κ2) is 6.73. The molecule has 0 atom stereocenters. The number of nitrogens with one attached hydrogen (secondary N) is 2. The van der Waals surface area contributed by atoms with Crippen molar-refractivity contribution in [3.8, 4) is 0 Å². The Balaban J connectivity index is 2.43. The van der Waals surface area contributed by atoms with Crippen LogP contribution in [0.5, 0.6) is 0 Å². The maximum atomic E-state index is 3.24. The van der Waals surface area contributed by atoms with Crippen molar-refractivity contribution >= 4 is 39.5 Å². The molecule has 2 N–H and O–H groups in total. The molecule has 0 aromatic heterocycles. The van der Waals surface area contributed by atoms with E-state index in [0.29, 0.717) is 0 Å². The summed E-state index contributed by atoms with van der Waals surface area (Å²) < 4.78 is 3.14. The average molecular weight is 396 g/mol. The summed E-state index contributed by atoms with van der Waals surface area (Å²) in [5.41, 5.74) is 8.08. The van der Waals surface area contributed by atoms with Gasteiger partial charge in [-0.2, -0.15) is 0 Å². The van der Waals surface area contributed by atoms with Gasteiger partial charge in [-0.05, 0) is 0 Å². The van der Waals surface area contributed by atoms with Gasteiger partial charge in [-0.1, -0.05) is 0 Å². The summed E-state index contributed by atoms with van der Waals surface area (Å²) in [6, 6.07) is 9.05. The van der Waals surface area contributed by atoms with Gasteiger partial charge in [0.05, 0.1) is 0 Å². The molecule has 21 heavy (non-hydrogen) atoms. The Morgan fingerprint density at radius 1 is 0.619 bits per heavy atom. The van der Waals surface area contributed by atoms with Gasteiger partial charge in [-0.3, -0.25) is 0 Å². The van der Waals surface area contributed by atoms with E-state index in [1.165, 1.54) is 33.6 Å². The molecule has 0 fully saturated rings. The summed E-state index contributed by atoms with van der Waals surface area (Å²) in [6.07, 6.45) is 0. The van der Waals surface area contributed by atoms with Crippen LogP contribution in [-0.4, -0.2) is 35.0 Å². The number of hydrogen-bond acceptors (Lipinski definition) is 2. The Bertz CT molecular complexity index is 559. The molecule has 0 amide bonds. The first kappa shape index (κ1) is 16.2. The summed E-state index contributed by atoms with van der Waals surface area (Å²) in [5, 5.41) is 6.49. The number of aryl methyl sites for hydroxylation is 4. The normalized spacial score (nSPS) is 10.6. The molecule has 0 unspecified atom stereocenters. The van der Waals surface area contributed by atoms with E-state index in [0.717, 1.165) is 0 Å². The van der Waals surface area contributed by atoms with E-state index in [2.05, 4.69) is 62.6 Å². The van der Waals surface area contributed by atoms with Gasteiger partial charge < -0.3 is 0 Å². The first-order valence-corrected chi connectivity index (χ1v) is 9.55. The number of benzene rings is 2. The van der Waals surface area contributed by atoms with Crippen molar-refractivity contribution < 1.29 is 0 Å². The molecular weight excluding hydrogens is 372 g/mol. The van der Waals surface area contributed by atoms with Crippen LogP contribution in [-0.2, 0) is 0 Å². The summed E-state index contributed by atoms with van der Waals surface area (Å²) in [7, 11) is 3.96. The van der Waals surface area contributed by atoms with Gasteiger partial charge in [0.2, 0.25) is 0 Å². The molecule has 0 spiro atoms. The summed E-state index contributed by atoms with van der Waals surface area (Å²) in [6.45, 7) is 8.95. The molecule has 2 rings (SSSR count). The zero-order valence-corrected chi connectivity index (χ0v) is 16.0. The van der Waals surface area contributed by atoms with Gasteiger partial charge in [-0.15, -0.1) is 0 Å². The van der Waals surface area contributed by atoms with Crippen molar-refractivity contribution in [2.75, 3.05) is 24.7 Å². The molecule has 0 heterocycles. The van der Waals surface area contributed by atoms with Crippen molar-refractivity contribution in [2.24, 2.45) is 0 Å². The van der Waals surface area contributed by atoms with Crippen LogP contribution in [0.1, 0.15) is 22.3 Å². The SMILES string of the molecule is CNc1cc(C)c([Te]c2c(C)cc(NC)cc2C)c(C)c1. The van der Waals surface area contributed by atoms with Crippen molar-refractivity contribution in [3.63, 3.8) is 0 Å². The van der Waals surface area contributed by atoms with Gasteiger partial charge in [0.15, 0.2) is 0 Å². The summed E-state index contributed by atoms with van der Waals surface area (Å²) >= 11 is -0.360. The fourth-order valence-electron chi connectivity index (χ4n) is 2.61. The fraction of sp³-hybridized carbons (Fsp3) is 0.333. The third kappa shape index (κ3) is 3.54. The predicted molar refractivity (Wildman–Crippen MR) is 95.9 cm³/mol. The van der Waals surface area contributed by atoms with Crippen LogP contribution in [0.25, 0.3) is 0 Å². The minimum absolute atomic E-state index is 0.360. The molecule has 2 aromatic rings. The van der Waals surface area contributed by atoms with Gasteiger partial charge in [0.25, 0.3) is 0 Å². The second-order valence-corrected chi connectivity index (χ2v) is 8.39. The standard InChI is InChI=1S/C18H24N2Te/c1-11-7-15(19-5)8-12(2)17(11)21-18-13(3)9-16(20-6)10-14(18)4/h7-10,19-20H,1-6H3. The average Bonchev–Trinajstić information content (AvgIpc) is 2.44. The monoisotopic (exact) mass is 398 g/mol. The van der Waals surface area contributed by atoms with E-state index in [4.69, 9.17) is 0 Å². The topological polar surface area (TPSA) is 24.1 Å². The number of rotatable bonds is 4. The van der Waals surface area contributed by atoms with Gasteiger partial charge in [0, 0.05) is 0 Å². The molecule has 0 radical (unpaired) electrons. The minimum atomic E-state index is -0.360. The molecule has 2 aromatic carbocycles. The molecule has 0 aliphatic carbocycles. The quantitative estimate of drug-likeness (QED) is 0.778. The Kier molecular flexibility index (Phi) is 5.19. The molecule has 2 nitrogen and oxygen atoms in total. The summed E-state index contributed by atoms with van der Waals surface area (Å²) in [5.74, 6) is 0. The van der Waals surface area contributed by atoms with Crippen LogP contribution < -0.4 is 17.9 Å². The van der Waals surface area contributed by atoms with Gasteiger partial charge in [0.1, 0.15) is 0 Å². The Hall–Kier alpha value is -1.17. The van der Waals surface area contributed by atoms with Crippen molar-refractivity contribution in [2.45, 2.75) is 27.7 Å². The van der Waals surface area contributed by atoms with E-state index in [9.17, 15) is 0 Å². The first-order chi connectivity index (χ1) is 9.96. The van der Waals surface area contributed by atoms with E-state index in [-0.39, 0.29) is 20.9 Å². The molecule has 3 heteroatoms. The third-order valence-corrected chi connectivity index (χ3v) is 8.54. The van der Waals surface area contributed by atoms with Crippen LogP contribution in [0, 0.1) is 27.7 Å². The molecule has 0 saturated heterocycles. The van der Waals surface area contributed by atoms with E-state index in [1.807, 2.05) is 14.1 Å². The van der Waals surface area contributed by atoms with Crippen LogP contribution in [0.15, 0.2) is 24.3 Å². The van der Waals surface area contributed by atoms with E-state index >= 15 is 0 Å². The second-order valence-electron chi connectivity index (χ2n) is 5.48. The van der Waals surface area contributed by atoms with Gasteiger partial charge >= 0.3 is 138 Å². The van der Waals surface area contributed by atoms with Crippen LogP contribution in [0.3, 0.4) is 0 Å². The Morgan fingerprint density at radius 2 is 0.905 bits per heavy atom. The maximum absolute atomic E-state index is 3.24. The molecule has 112 valence electrons. The molecule has 0 saturated carbocycles. The first-order valence-electron chi connectivity index (χ1n) is 7.22. The van der Waals surface area contributed by atoms with Crippen molar-refractivity contribution in [1.29, 1.82) is 0 Å². The van der Waals surface area contributed by atoms with E-state index in [1.54, 1.807) is 7.22 Å². The number of hydrogen-bond donors (Lipinski definition) is 2. The zero-order valence-electron chi connectivity index (χ0n) is 13.7. The molecule has 0 bridgehead atoms. The number of anilines is 2. The summed E-state index contributed by atoms with van der Waals surface area (Å²) in [4.78, 5) is 0. The third-order valence-electron chi connectivity index (χ3n) is 3.70. The molecule has 0 aliphatic heterocycles. The molecule has 0 aliphatic rings.